The van der Waals surface area contributed by atoms with Crippen LogP contribution in [0.1, 0.15) is 52.7 Å². The zero-order valence-corrected chi connectivity index (χ0v) is 12.4. The van der Waals surface area contributed by atoms with Crippen LogP contribution in [-0.2, 0) is 0 Å². The highest BCUT2D eigenvalue weighted by Gasteiger charge is 2.16. The lowest BCUT2D eigenvalue weighted by Gasteiger charge is -2.22. The van der Waals surface area contributed by atoms with Gasteiger partial charge >= 0.3 is 0 Å². The second kappa shape index (κ2) is 6.33. The molecule has 104 valence electrons. The Balaban J connectivity index is 1.98. The third-order valence-electron chi connectivity index (χ3n) is 4.60. The minimum Gasteiger partial charge on any atom is -0.317 e. The molecule has 0 amide bonds. The van der Waals surface area contributed by atoms with Crippen LogP contribution in [0.25, 0.3) is 0 Å². The lowest BCUT2D eigenvalue weighted by Crippen LogP contribution is -2.28. The van der Waals surface area contributed by atoms with Gasteiger partial charge in [0.25, 0.3) is 0 Å². The van der Waals surface area contributed by atoms with E-state index < -0.39 is 0 Å². The van der Waals surface area contributed by atoms with E-state index in [-0.39, 0.29) is 0 Å². The fraction of sp³-hybridized carbons (Fsp3) is 0.588. The summed E-state index contributed by atoms with van der Waals surface area (Å²) >= 11 is 0. The van der Waals surface area contributed by atoms with Crippen LogP contribution in [0.4, 0.5) is 0 Å². The Hall–Kier alpha value is -1.15. The van der Waals surface area contributed by atoms with Crippen LogP contribution in [0.5, 0.6) is 0 Å². The third-order valence-corrected chi connectivity index (χ3v) is 4.60. The van der Waals surface area contributed by atoms with Gasteiger partial charge in [0, 0.05) is 12.0 Å². The number of ketones is 1. The lowest BCUT2D eigenvalue weighted by molar-refractivity contribution is 0.0970. The molecule has 0 spiro atoms. The third kappa shape index (κ3) is 3.44. The monoisotopic (exact) mass is 259 g/mol. The zero-order chi connectivity index (χ0) is 13.8. The molecular weight excluding hydrogens is 234 g/mol. The normalized spacial score (nSPS) is 16.6. The van der Waals surface area contributed by atoms with Crippen LogP contribution in [0, 0.1) is 26.7 Å². The molecule has 2 rings (SSSR count). The van der Waals surface area contributed by atoms with Gasteiger partial charge in [-0.1, -0.05) is 12.1 Å². The topological polar surface area (TPSA) is 29.1 Å². The molecule has 0 atom stereocenters. The van der Waals surface area contributed by atoms with E-state index in [9.17, 15) is 4.79 Å². The first-order valence-corrected chi connectivity index (χ1v) is 7.40. The first-order valence-electron chi connectivity index (χ1n) is 7.40. The van der Waals surface area contributed by atoms with Gasteiger partial charge < -0.3 is 5.32 Å². The Bertz CT molecular complexity index is 459. The van der Waals surface area contributed by atoms with Crippen molar-refractivity contribution in [1.82, 2.24) is 5.32 Å². The number of hydrogen-bond donors (Lipinski definition) is 1. The molecule has 1 N–H and O–H groups in total. The second-order valence-electron chi connectivity index (χ2n) is 5.84. The average Bonchev–Trinajstić information content (AvgIpc) is 2.43. The number of hydrogen-bond acceptors (Lipinski definition) is 2. The van der Waals surface area contributed by atoms with E-state index in [1.165, 1.54) is 24.0 Å². The van der Waals surface area contributed by atoms with Gasteiger partial charge in [-0.3, -0.25) is 4.79 Å². The van der Waals surface area contributed by atoms with E-state index in [2.05, 4.69) is 32.2 Å². The summed E-state index contributed by atoms with van der Waals surface area (Å²) in [5.74, 6) is 1.05. The van der Waals surface area contributed by atoms with Gasteiger partial charge in [-0.15, -0.1) is 0 Å². The molecule has 0 bridgehead atoms. The molecular formula is C17H25NO. The molecule has 1 aliphatic heterocycles. The molecule has 1 heterocycles. The average molecular weight is 259 g/mol. The van der Waals surface area contributed by atoms with E-state index in [1.54, 1.807) is 0 Å². The van der Waals surface area contributed by atoms with Gasteiger partial charge in [-0.25, -0.2) is 0 Å². The van der Waals surface area contributed by atoms with Crippen LogP contribution in [0.3, 0.4) is 0 Å². The summed E-state index contributed by atoms with van der Waals surface area (Å²) in [6.45, 7) is 8.50. The van der Waals surface area contributed by atoms with Gasteiger partial charge in [0.05, 0.1) is 0 Å². The smallest absolute Gasteiger partial charge is 0.163 e. The van der Waals surface area contributed by atoms with Crippen molar-refractivity contribution in [2.24, 2.45) is 5.92 Å². The maximum atomic E-state index is 12.4. The fourth-order valence-corrected chi connectivity index (χ4v) is 2.90. The number of piperidine rings is 1. The van der Waals surface area contributed by atoms with Crippen molar-refractivity contribution in [2.75, 3.05) is 13.1 Å². The minimum absolute atomic E-state index is 0.319. The predicted molar refractivity (Wildman–Crippen MR) is 79.8 cm³/mol. The predicted octanol–water partition coefficient (Wildman–Crippen LogP) is 3.57. The molecule has 0 saturated carbocycles. The maximum absolute atomic E-state index is 12.4. The number of aryl methyl sites for hydroxylation is 1. The molecule has 0 aromatic heterocycles. The van der Waals surface area contributed by atoms with E-state index >= 15 is 0 Å². The van der Waals surface area contributed by atoms with Crippen LogP contribution in [0.2, 0.25) is 0 Å². The summed E-state index contributed by atoms with van der Waals surface area (Å²) in [5, 5.41) is 3.37. The highest BCUT2D eigenvalue weighted by molar-refractivity contribution is 5.97. The standard InChI is InChI=1S/C17H25NO/c1-12-4-6-16(14(3)13(12)2)17(19)7-5-15-8-10-18-11-9-15/h4,6,15,18H,5,7-11H2,1-3H3. The fourth-order valence-electron chi connectivity index (χ4n) is 2.90. The highest BCUT2D eigenvalue weighted by atomic mass is 16.1. The molecule has 1 saturated heterocycles. The molecule has 0 radical (unpaired) electrons. The number of nitrogens with one attached hydrogen (secondary N) is 1. The number of rotatable bonds is 4. The van der Waals surface area contributed by atoms with Crippen LogP contribution in [-0.4, -0.2) is 18.9 Å². The Morgan fingerprint density at radius 3 is 2.53 bits per heavy atom. The Kier molecular flexibility index (Phi) is 4.76. The number of Topliss-reactive ketones (excluding diaryl/α,β-unsaturated/α-hetero) is 1. The van der Waals surface area contributed by atoms with Gasteiger partial charge in [-0.05, 0) is 75.7 Å². The molecule has 1 fully saturated rings. The summed E-state index contributed by atoms with van der Waals surface area (Å²) in [6.07, 6.45) is 4.19. The molecule has 1 aromatic carbocycles. The van der Waals surface area contributed by atoms with E-state index in [0.29, 0.717) is 12.2 Å². The summed E-state index contributed by atoms with van der Waals surface area (Å²) < 4.78 is 0. The van der Waals surface area contributed by atoms with Gasteiger partial charge in [0.1, 0.15) is 0 Å². The van der Waals surface area contributed by atoms with E-state index in [4.69, 9.17) is 0 Å². The Labute approximate surface area is 116 Å². The first-order chi connectivity index (χ1) is 9.09. The van der Waals surface area contributed by atoms with Crippen molar-refractivity contribution in [3.63, 3.8) is 0 Å². The highest BCUT2D eigenvalue weighted by Crippen LogP contribution is 2.22. The number of carbonyl (C=O) groups is 1. The van der Waals surface area contributed by atoms with Crippen LogP contribution >= 0.6 is 0 Å². The number of carbonyl (C=O) groups excluding carboxylic acids is 1. The van der Waals surface area contributed by atoms with Gasteiger partial charge in [0.2, 0.25) is 0 Å². The largest absolute Gasteiger partial charge is 0.317 e. The van der Waals surface area contributed by atoms with E-state index in [0.717, 1.165) is 36.6 Å². The van der Waals surface area contributed by atoms with E-state index in [1.807, 2.05) is 6.07 Å². The number of benzene rings is 1. The summed E-state index contributed by atoms with van der Waals surface area (Å²) in [5.41, 5.74) is 4.62. The zero-order valence-electron chi connectivity index (χ0n) is 12.4. The van der Waals surface area contributed by atoms with Crippen molar-refractivity contribution in [1.29, 1.82) is 0 Å². The maximum Gasteiger partial charge on any atom is 0.163 e. The van der Waals surface area contributed by atoms with Gasteiger partial charge in [-0.2, -0.15) is 0 Å². The van der Waals surface area contributed by atoms with Crippen molar-refractivity contribution < 1.29 is 4.79 Å². The molecule has 2 nitrogen and oxygen atoms in total. The van der Waals surface area contributed by atoms with Crippen molar-refractivity contribution in [2.45, 2.75) is 46.5 Å². The SMILES string of the molecule is Cc1ccc(C(=O)CCC2CCNCC2)c(C)c1C. The summed E-state index contributed by atoms with van der Waals surface area (Å²) in [6, 6.07) is 4.07. The summed E-state index contributed by atoms with van der Waals surface area (Å²) in [4.78, 5) is 12.4. The quantitative estimate of drug-likeness (QED) is 0.837. The molecule has 2 heteroatoms. The second-order valence-corrected chi connectivity index (χ2v) is 5.84. The van der Waals surface area contributed by atoms with Crippen molar-refractivity contribution in [3.05, 3.63) is 34.4 Å². The Morgan fingerprint density at radius 2 is 1.84 bits per heavy atom. The van der Waals surface area contributed by atoms with Crippen LogP contribution in [0.15, 0.2) is 12.1 Å². The molecule has 0 unspecified atom stereocenters. The van der Waals surface area contributed by atoms with Crippen LogP contribution < -0.4 is 5.32 Å². The molecule has 0 aliphatic carbocycles. The molecule has 1 aliphatic rings. The molecule has 19 heavy (non-hydrogen) atoms. The molecule has 1 aromatic rings. The Morgan fingerprint density at radius 1 is 1.16 bits per heavy atom. The lowest BCUT2D eigenvalue weighted by atomic mass is 9.89. The summed E-state index contributed by atoms with van der Waals surface area (Å²) in [7, 11) is 0. The first kappa shape index (κ1) is 14.3. The van der Waals surface area contributed by atoms with Crippen molar-refractivity contribution in [3.8, 4) is 0 Å². The minimum atomic E-state index is 0.319. The van der Waals surface area contributed by atoms with Crippen molar-refractivity contribution >= 4 is 5.78 Å². The van der Waals surface area contributed by atoms with Gasteiger partial charge in [0.15, 0.2) is 5.78 Å².